The van der Waals surface area contributed by atoms with E-state index < -0.39 is 34.2 Å². The molecule has 164 valence electrons. The number of rotatable bonds is 7. The Hall–Kier alpha value is -2.46. The second-order valence-electron chi connectivity index (χ2n) is 6.73. The predicted molar refractivity (Wildman–Crippen MR) is 108 cm³/mol. The number of halogens is 4. The van der Waals surface area contributed by atoms with Crippen molar-refractivity contribution in [3.05, 3.63) is 58.1 Å². The average molecular weight is 465 g/mol. The van der Waals surface area contributed by atoms with Gasteiger partial charge in [-0.1, -0.05) is 17.7 Å². The van der Waals surface area contributed by atoms with Crippen molar-refractivity contribution < 1.29 is 31.1 Å². The van der Waals surface area contributed by atoms with Crippen molar-refractivity contribution in [2.24, 2.45) is 0 Å². The number of amides is 1. The molecule has 0 aromatic heterocycles. The van der Waals surface area contributed by atoms with Crippen LogP contribution in [0.4, 0.5) is 18.9 Å². The molecule has 11 heteroatoms. The van der Waals surface area contributed by atoms with Gasteiger partial charge in [0, 0.05) is 12.1 Å². The Balaban J connectivity index is 2.22. The zero-order valence-corrected chi connectivity index (χ0v) is 17.9. The molecule has 2 aromatic rings. The smallest absolute Gasteiger partial charge is 0.416 e. The Morgan fingerprint density at radius 2 is 1.83 bits per heavy atom. The lowest BCUT2D eigenvalue weighted by Gasteiger charge is -2.17. The molecular weight excluding hydrogens is 445 g/mol. The third-order valence-corrected chi connectivity index (χ3v) is 4.64. The maximum atomic E-state index is 13.4. The molecule has 0 aliphatic rings. The molecule has 0 aliphatic carbocycles. The summed E-state index contributed by atoms with van der Waals surface area (Å²) in [6.45, 7) is 2.99. The van der Waals surface area contributed by atoms with Crippen LogP contribution in [0.2, 0.25) is 5.02 Å². The van der Waals surface area contributed by atoms with Crippen LogP contribution in [-0.2, 0) is 22.7 Å². The molecule has 0 aliphatic heterocycles. The molecule has 30 heavy (non-hydrogen) atoms. The molecule has 1 amide bonds. The van der Waals surface area contributed by atoms with E-state index in [0.29, 0.717) is 0 Å². The highest BCUT2D eigenvalue weighted by Gasteiger charge is 2.34. The van der Waals surface area contributed by atoms with E-state index in [0.717, 1.165) is 12.3 Å². The fourth-order valence-electron chi connectivity index (χ4n) is 2.54. The molecule has 0 fully saturated rings. The van der Waals surface area contributed by atoms with Crippen LogP contribution >= 0.6 is 11.6 Å². The van der Waals surface area contributed by atoms with Crippen LogP contribution < -0.4 is 14.8 Å². The molecule has 0 heterocycles. The Bertz CT molecular complexity index is 1040. The first kappa shape index (κ1) is 23.8. The summed E-state index contributed by atoms with van der Waals surface area (Å²) in [4.78, 5) is 12.4. The van der Waals surface area contributed by atoms with Gasteiger partial charge in [-0.15, -0.1) is 0 Å². The van der Waals surface area contributed by atoms with Gasteiger partial charge in [0.15, 0.2) is 0 Å². The highest BCUT2D eigenvalue weighted by atomic mass is 35.5. The molecule has 0 saturated heterocycles. The number of benzene rings is 2. The van der Waals surface area contributed by atoms with Crippen molar-refractivity contribution >= 4 is 33.2 Å². The largest absolute Gasteiger partial charge is 0.491 e. The predicted octanol–water partition coefficient (Wildman–Crippen LogP) is 4.45. The van der Waals surface area contributed by atoms with Crippen molar-refractivity contribution in [2.45, 2.75) is 32.7 Å². The normalized spacial score (nSPS) is 12.0. The monoisotopic (exact) mass is 464 g/mol. The molecule has 0 atom stereocenters. The molecule has 0 radical (unpaired) electrons. The second kappa shape index (κ2) is 9.13. The zero-order chi connectivity index (χ0) is 22.7. The maximum absolute atomic E-state index is 13.4. The number of hydrogen-bond donors (Lipinski definition) is 2. The van der Waals surface area contributed by atoms with Gasteiger partial charge >= 0.3 is 6.18 Å². The van der Waals surface area contributed by atoms with Crippen molar-refractivity contribution in [3.8, 4) is 5.75 Å². The summed E-state index contributed by atoms with van der Waals surface area (Å²) in [5.41, 5.74) is -1.05. The standard InChI is InChI=1S/C19H20ClF3N2O4S/c1-11(2)29-14-6-4-13(15(9-14)19(21,22)23)10-24-18(26)12-5-7-16(20)17(8-12)25-30(3,27)28/h4-9,11,25H,10H2,1-3H3,(H,24,26). The van der Waals surface area contributed by atoms with E-state index in [1.807, 2.05) is 0 Å². The van der Waals surface area contributed by atoms with Crippen LogP contribution in [0, 0.1) is 0 Å². The lowest BCUT2D eigenvalue weighted by atomic mass is 10.1. The van der Waals surface area contributed by atoms with E-state index in [1.165, 1.54) is 30.3 Å². The summed E-state index contributed by atoms with van der Waals surface area (Å²) in [6.07, 6.45) is -4.01. The van der Waals surface area contributed by atoms with Crippen molar-refractivity contribution in [3.63, 3.8) is 0 Å². The van der Waals surface area contributed by atoms with Gasteiger partial charge in [0.25, 0.3) is 5.91 Å². The molecule has 0 unspecified atom stereocenters. The van der Waals surface area contributed by atoms with Crippen LogP contribution in [0.3, 0.4) is 0 Å². The van der Waals surface area contributed by atoms with Gasteiger partial charge in [-0.2, -0.15) is 13.2 Å². The molecular formula is C19H20ClF3N2O4S. The molecule has 0 spiro atoms. The number of carbonyl (C=O) groups is 1. The third kappa shape index (κ3) is 6.81. The molecule has 2 aromatic carbocycles. The fourth-order valence-corrected chi connectivity index (χ4v) is 3.33. The Morgan fingerprint density at radius 1 is 1.17 bits per heavy atom. The number of alkyl halides is 3. The summed E-state index contributed by atoms with van der Waals surface area (Å²) < 4.78 is 70.5. The van der Waals surface area contributed by atoms with E-state index in [1.54, 1.807) is 13.8 Å². The summed E-state index contributed by atoms with van der Waals surface area (Å²) in [5, 5.41) is 2.46. The molecule has 2 rings (SSSR count). The first-order valence-electron chi connectivity index (χ1n) is 8.68. The summed E-state index contributed by atoms with van der Waals surface area (Å²) in [6, 6.07) is 7.35. The first-order chi connectivity index (χ1) is 13.8. The second-order valence-corrected chi connectivity index (χ2v) is 8.89. The third-order valence-electron chi connectivity index (χ3n) is 3.72. The number of hydrogen-bond acceptors (Lipinski definition) is 4. The van der Waals surface area contributed by atoms with Crippen molar-refractivity contribution in [1.29, 1.82) is 0 Å². The first-order valence-corrected chi connectivity index (χ1v) is 11.0. The highest BCUT2D eigenvalue weighted by Crippen LogP contribution is 2.34. The molecule has 6 nitrogen and oxygen atoms in total. The van der Waals surface area contributed by atoms with Gasteiger partial charge in [-0.05, 0) is 49.7 Å². The minimum Gasteiger partial charge on any atom is -0.491 e. The van der Waals surface area contributed by atoms with Crippen LogP contribution in [0.5, 0.6) is 5.75 Å². The fraction of sp³-hybridized carbons (Fsp3) is 0.316. The van der Waals surface area contributed by atoms with Gasteiger partial charge in [0.1, 0.15) is 5.75 Å². The van der Waals surface area contributed by atoms with E-state index in [2.05, 4.69) is 10.0 Å². The number of anilines is 1. The maximum Gasteiger partial charge on any atom is 0.416 e. The van der Waals surface area contributed by atoms with Crippen LogP contribution in [0.25, 0.3) is 0 Å². The number of ether oxygens (including phenoxy) is 1. The van der Waals surface area contributed by atoms with Gasteiger partial charge < -0.3 is 10.1 Å². The lowest BCUT2D eigenvalue weighted by Crippen LogP contribution is -2.25. The summed E-state index contributed by atoms with van der Waals surface area (Å²) in [5.74, 6) is -0.625. The topological polar surface area (TPSA) is 84.5 Å². The van der Waals surface area contributed by atoms with Crippen LogP contribution in [-0.4, -0.2) is 26.7 Å². The van der Waals surface area contributed by atoms with E-state index in [9.17, 15) is 26.4 Å². The Labute approximate surface area is 177 Å². The lowest BCUT2D eigenvalue weighted by molar-refractivity contribution is -0.138. The molecule has 2 N–H and O–H groups in total. The van der Waals surface area contributed by atoms with Gasteiger partial charge in [0.2, 0.25) is 10.0 Å². The molecule has 0 saturated carbocycles. The van der Waals surface area contributed by atoms with Crippen molar-refractivity contribution in [2.75, 3.05) is 11.0 Å². The minimum atomic E-state index is -4.64. The van der Waals surface area contributed by atoms with E-state index in [4.69, 9.17) is 16.3 Å². The Morgan fingerprint density at radius 3 is 2.40 bits per heavy atom. The van der Waals surface area contributed by atoms with Gasteiger partial charge in [-0.25, -0.2) is 8.42 Å². The number of carbonyl (C=O) groups excluding carboxylic acids is 1. The van der Waals surface area contributed by atoms with Gasteiger partial charge in [0.05, 0.1) is 28.6 Å². The average Bonchev–Trinajstić information content (AvgIpc) is 2.59. The SMILES string of the molecule is CC(C)Oc1ccc(CNC(=O)c2ccc(Cl)c(NS(C)(=O)=O)c2)c(C(F)(F)F)c1. The number of sulfonamides is 1. The van der Waals surface area contributed by atoms with E-state index in [-0.39, 0.29) is 33.7 Å². The zero-order valence-electron chi connectivity index (χ0n) is 16.3. The highest BCUT2D eigenvalue weighted by molar-refractivity contribution is 7.92. The quantitative estimate of drug-likeness (QED) is 0.634. The van der Waals surface area contributed by atoms with Crippen LogP contribution in [0.15, 0.2) is 36.4 Å². The molecule has 0 bridgehead atoms. The summed E-state index contributed by atoms with van der Waals surface area (Å²) >= 11 is 5.91. The number of nitrogens with one attached hydrogen (secondary N) is 2. The minimum absolute atomic E-state index is 0.0158. The van der Waals surface area contributed by atoms with Crippen LogP contribution in [0.1, 0.15) is 35.3 Å². The van der Waals surface area contributed by atoms with Gasteiger partial charge in [-0.3, -0.25) is 9.52 Å². The summed E-state index contributed by atoms with van der Waals surface area (Å²) in [7, 11) is -3.64. The van der Waals surface area contributed by atoms with E-state index >= 15 is 0 Å². The Kier molecular flexibility index (Phi) is 7.25. The van der Waals surface area contributed by atoms with Crippen molar-refractivity contribution in [1.82, 2.24) is 5.32 Å².